The molecule has 0 radical (unpaired) electrons. The molecule has 2 aromatic rings. The molecule has 0 amide bonds. The molecule has 3 heterocycles. The lowest BCUT2D eigenvalue weighted by Crippen LogP contribution is -2.33. The van der Waals surface area contributed by atoms with E-state index in [4.69, 9.17) is 21.2 Å². The van der Waals surface area contributed by atoms with Crippen LogP contribution in [0.2, 0.25) is 5.28 Å². The summed E-state index contributed by atoms with van der Waals surface area (Å²) < 4.78 is 22.7. The molecule has 174 valence electrons. The number of halogens is 1. The molecule has 4 N–H and O–H groups in total. The summed E-state index contributed by atoms with van der Waals surface area (Å²) in [5, 5.41) is 34.3. The molecule has 0 bridgehead atoms. The fourth-order valence-corrected chi connectivity index (χ4v) is 4.48. The Bertz CT molecular complexity index is 1080. The second kappa shape index (κ2) is 9.21. The van der Waals surface area contributed by atoms with Gasteiger partial charge in [0.15, 0.2) is 11.9 Å². The minimum atomic E-state index is -3.89. The number of aromatic nitrogens is 3. The Morgan fingerprint density at radius 3 is 2.75 bits per heavy atom. The number of hydrogen-bond donors (Lipinski definition) is 4. The molecule has 2 fully saturated rings. The lowest BCUT2D eigenvalue weighted by atomic mass is 10.1. The maximum Gasteiger partial charge on any atom is 0.352 e. The summed E-state index contributed by atoms with van der Waals surface area (Å²) in [6, 6.07) is 2.31. The minimum absolute atomic E-state index is 0.0511. The predicted molar refractivity (Wildman–Crippen MR) is 112 cm³/mol. The SMILES string of the molecule is CP(=O)(O)OOC[C@H]1O[C@@H](n2cc(C#N)c3c(NC4CCCC4)nc(Cl)nc32)[C@H](O)[C@@H]1O. The molecule has 2 aliphatic rings. The van der Waals surface area contributed by atoms with Crippen LogP contribution in [0, 0.1) is 11.3 Å². The number of ether oxygens (including phenoxy) is 1. The number of aliphatic hydroxyl groups is 2. The van der Waals surface area contributed by atoms with Gasteiger partial charge in [-0.25, -0.2) is 4.89 Å². The van der Waals surface area contributed by atoms with Crippen molar-refractivity contribution in [2.45, 2.75) is 56.3 Å². The fourth-order valence-electron chi connectivity index (χ4n) is 4.06. The van der Waals surface area contributed by atoms with Crippen LogP contribution in [-0.4, -0.2) is 67.3 Å². The average molecular weight is 488 g/mol. The Labute approximate surface area is 188 Å². The van der Waals surface area contributed by atoms with E-state index < -0.39 is 38.7 Å². The average Bonchev–Trinajstić information content (AvgIpc) is 3.42. The highest BCUT2D eigenvalue weighted by atomic mass is 35.5. The maximum absolute atomic E-state index is 11.2. The highest BCUT2D eigenvalue weighted by Crippen LogP contribution is 2.39. The van der Waals surface area contributed by atoms with Crippen LogP contribution in [0.5, 0.6) is 0 Å². The van der Waals surface area contributed by atoms with Gasteiger partial charge in [-0.2, -0.15) is 15.2 Å². The second-order valence-electron chi connectivity index (χ2n) is 7.94. The van der Waals surface area contributed by atoms with Gasteiger partial charge < -0.3 is 29.7 Å². The van der Waals surface area contributed by atoms with Gasteiger partial charge in [0.05, 0.1) is 10.9 Å². The first-order valence-electron chi connectivity index (χ1n) is 10.1. The van der Waals surface area contributed by atoms with Gasteiger partial charge in [-0.05, 0) is 24.4 Å². The third-order valence-electron chi connectivity index (χ3n) is 5.50. The van der Waals surface area contributed by atoms with E-state index in [1.807, 2.05) is 0 Å². The van der Waals surface area contributed by atoms with Crippen molar-refractivity contribution in [3.05, 3.63) is 17.0 Å². The van der Waals surface area contributed by atoms with Gasteiger partial charge in [-0.15, -0.1) is 4.67 Å². The van der Waals surface area contributed by atoms with Crippen LogP contribution in [0.3, 0.4) is 0 Å². The number of anilines is 1. The van der Waals surface area contributed by atoms with Gasteiger partial charge in [0.2, 0.25) is 5.28 Å². The van der Waals surface area contributed by atoms with Crippen LogP contribution >= 0.6 is 19.2 Å². The summed E-state index contributed by atoms with van der Waals surface area (Å²) in [6.45, 7) is 0.522. The monoisotopic (exact) mass is 487 g/mol. The van der Waals surface area contributed by atoms with E-state index >= 15 is 0 Å². The van der Waals surface area contributed by atoms with Crippen LogP contribution in [0.15, 0.2) is 6.20 Å². The quantitative estimate of drug-likeness (QED) is 0.194. The summed E-state index contributed by atoms with van der Waals surface area (Å²) in [6.07, 6.45) is 0.599. The topological polar surface area (TPSA) is 172 Å². The van der Waals surface area contributed by atoms with Gasteiger partial charge >= 0.3 is 7.60 Å². The summed E-state index contributed by atoms with van der Waals surface area (Å²) in [4.78, 5) is 22.3. The van der Waals surface area contributed by atoms with E-state index in [1.165, 1.54) is 10.8 Å². The molecule has 0 aromatic carbocycles. The molecule has 1 saturated heterocycles. The largest absolute Gasteiger partial charge is 0.387 e. The molecular formula is C18H23ClN5O7P. The number of nitriles is 1. The van der Waals surface area contributed by atoms with Gasteiger partial charge in [0.1, 0.15) is 36.8 Å². The summed E-state index contributed by atoms with van der Waals surface area (Å²) in [7, 11) is -3.89. The molecule has 0 spiro atoms. The Hall–Kier alpha value is -1.81. The first kappa shape index (κ1) is 23.4. The van der Waals surface area contributed by atoms with Gasteiger partial charge in [0.25, 0.3) is 0 Å². The predicted octanol–water partition coefficient (Wildman–Crippen LogP) is 1.69. The van der Waals surface area contributed by atoms with Crippen molar-refractivity contribution in [3.8, 4) is 6.07 Å². The zero-order chi connectivity index (χ0) is 23.0. The smallest absolute Gasteiger partial charge is 0.352 e. The summed E-state index contributed by atoms with van der Waals surface area (Å²) in [5.74, 6) is 0.421. The van der Waals surface area contributed by atoms with Crippen LogP contribution in [0.1, 0.15) is 37.5 Å². The van der Waals surface area contributed by atoms with E-state index in [9.17, 15) is 20.0 Å². The van der Waals surface area contributed by atoms with E-state index in [-0.39, 0.29) is 22.5 Å². The highest BCUT2D eigenvalue weighted by molar-refractivity contribution is 7.51. The first-order chi connectivity index (χ1) is 15.2. The maximum atomic E-state index is 11.2. The molecule has 1 aliphatic carbocycles. The standard InChI is InChI=1S/C18H23ClN5O7P/c1-32(27,28)31-29-8-11-13(25)14(26)17(30-11)24-7-9(6-20)12-15(21-10-4-2-3-5-10)22-18(19)23-16(12)24/h7,10-11,13-14,17,25-26H,2-5,8H2,1H3,(H,27,28)(H,21,22,23)/t11-,13-,14-,17-/m1/s1. The normalized spacial score (nSPS) is 28.1. The molecule has 32 heavy (non-hydrogen) atoms. The third-order valence-corrected chi connectivity index (χ3v) is 6.05. The van der Waals surface area contributed by atoms with Gasteiger partial charge in [-0.3, -0.25) is 4.57 Å². The molecule has 2 aromatic heterocycles. The van der Waals surface area contributed by atoms with Crippen molar-refractivity contribution in [2.75, 3.05) is 18.6 Å². The van der Waals surface area contributed by atoms with Crippen molar-refractivity contribution in [1.82, 2.24) is 14.5 Å². The van der Waals surface area contributed by atoms with E-state index in [0.29, 0.717) is 11.2 Å². The van der Waals surface area contributed by atoms with Crippen molar-refractivity contribution in [1.29, 1.82) is 5.26 Å². The Morgan fingerprint density at radius 1 is 1.38 bits per heavy atom. The van der Waals surface area contributed by atoms with E-state index in [0.717, 1.165) is 32.3 Å². The number of hydrogen-bond acceptors (Lipinski definition) is 10. The van der Waals surface area contributed by atoms with Gasteiger partial charge in [-0.1, -0.05) is 12.8 Å². The molecule has 14 heteroatoms. The molecule has 1 saturated carbocycles. The fraction of sp³-hybridized carbons (Fsp3) is 0.611. The van der Waals surface area contributed by atoms with Crippen molar-refractivity contribution < 1.29 is 34.0 Å². The molecule has 5 atom stereocenters. The number of aliphatic hydroxyl groups excluding tert-OH is 2. The summed E-state index contributed by atoms with van der Waals surface area (Å²) in [5.41, 5.74) is 0.502. The van der Waals surface area contributed by atoms with Crippen LogP contribution < -0.4 is 5.32 Å². The Kier molecular flexibility index (Phi) is 6.72. The minimum Gasteiger partial charge on any atom is -0.387 e. The van der Waals surface area contributed by atoms with Crippen LogP contribution in [-0.2, 0) is 18.9 Å². The number of fused-ring (bicyclic) bond motifs is 1. The number of rotatable bonds is 7. The van der Waals surface area contributed by atoms with Crippen molar-refractivity contribution in [3.63, 3.8) is 0 Å². The van der Waals surface area contributed by atoms with Gasteiger partial charge in [0, 0.05) is 18.9 Å². The molecule has 4 rings (SSSR count). The van der Waals surface area contributed by atoms with Crippen LogP contribution in [0.4, 0.5) is 5.82 Å². The van der Waals surface area contributed by atoms with E-state index in [2.05, 4.69) is 30.9 Å². The number of nitrogens with zero attached hydrogens (tertiary/aromatic N) is 4. The Balaban J connectivity index is 1.64. The second-order valence-corrected chi connectivity index (χ2v) is 10.0. The van der Waals surface area contributed by atoms with Crippen molar-refractivity contribution >= 4 is 36.0 Å². The molecule has 12 nitrogen and oxygen atoms in total. The highest BCUT2D eigenvalue weighted by Gasteiger charge is 2.45. The molecular weight excluding hydrogens is 465 g/mol. The van der Waals surface area contributed by atoms with E-state index in [1.54, 1.807) is 0 Å². The zero-order valence-electron chi connectivity index (χ0n) is 17.1. The lowest BCUT2D eigenvalue weighted by molar-refractivity contribution is -0.238. The van der Waals surface area contributed by atoms with Crippen LogP contribution in [0.25, 0.3) is 11.0 Å². The zero-order valence-corrected chi connectivity index (χ0v) is 18.7. The first-order valence-corrected chi connectivity index (χ1v) is 12.5. The summed E-state index contributed by atoms with van der Waals surface area (Å²) >= 11 is 6.15. The molecule has 1 unspecified atom stereocenters. The molecule has 1 aliphatic heterocycles. The van der Waals surface area contributed by atoms with Crippen molar-refractivity contribution in [2.24, 2.45) is 0 Å². The number of nitrogens with one attached hydrogen (secondary N) is 1. The Morgan fingerprint density at radius 2 is 2.09 bits per heavy atom. The lowest BCUT2D eigenvalue weighted by Gasteiger charge is -2.18. The third kappa shape index (κ3) is 4.76.